The van der Waals surface area contributed by atoms with Crippen molar-refractivity contribution in [3.8, 4) is 0 Å². The molecular formula is C11H17ClN2O2. The molecule has 1 N–H and O–H groups in total. The van der Waals surface area contributed by atoms with Crippen LogP contribution in [0, 0.1) is 0 Å². The Labute approximate surface area is 101 Å². The minimum atomic E-state index is -0.440. The number of carbonyl (C=O) groups excluding carboxylic acids is 2. The highest BCUT2D eigenvalue weighted by Gasteiger charge is 2.36. The number of halogens is 1. The lowest BCUT2D eigenvalue weighted by Crippen LogP contribution is -2.62. The fourth-order valence-corrected chi connectivity index (χ4v) is 1.93. The Morgan fingerprint density at radius 2 is 2.19 bits per heavy atom. The van der Waals surface area contributed by atoms with Crippen LogP contribution in [-0.4, -0.2) is 35.3 Å². The van der Waals surface area contributed by atoms with Crippen molar-refractivity contribution in [1.82, 2.24) is 10.2 Å². The van der Waals surface area contributed by atoms with E-state index in [1.165, 1.54) is 5.54 Å². The van der Waals surface area contributed by atoms with Gasteiger partial charge < -0.3 is 10.2 Å². The van der Waals surface area contributed by atoms with Crippen LogP contribution < -0.4 is 5.32 Å². The molecule has 1 aliphatic rings. The van der Waals surface area contributed by atoms with Gasteiger partial charge in [0.2, 0.25) is 11.8 Å². The van der Waals surface area contributed by atoms with Crippen molar-refractivity contribution in [2.24, 2.45) is 0 Å². The molecule has 0 aromatic rings. The van der Waals surface area contributed by atoms with Crippen molar-refractivity contribution < 1.29 is 9.59 Å². The molecule has 4 nitrogen and oxygen atoms in total. The first-order chi connectivity index (χ1) is 7.61. The second kappa shape index (κ2) is 5.89. The summed E-state index contributed by atoms with van der Waals surface area (Å²) in [6, 6.07) is -0.800. The van der Waals surface area contributed by atoms with Crippen molar-refractivity contribution in [3.05, 3.63) is 11.6 Å². The van der Waals surface area contributed by atoms with Gasteiger partial charge in [0.1, 0.15) is 12.1 Å². The Kier molecular flexibility index (Phi) is 4.80. The summed E-state index contributed by atoms with van der Waals surface area (Å²) in [5.74, 6) is -0.121. The standard InChI is InChI=1S/C11H17ClN2O2/c1-3-5-9-10(15)13-8(2)11(16)14(9)7-4-6-12/h4,6,8-9H,3,5,7H2,1-2H3,(H,13,15)/b6-4+. The lowest BCUT2D eigenvalue weighted by molar-refractivity contribution is -0.148. The van der Waals surface area contributed by atoms with Crippen LogP contribution in [0.4, 0.5) is 0 Å². The van der Waals surface area contributed by atoms with E-state index in [2.05, 4.69) is 5.32 Å². The highest BCUT2D eigenvalue weighted by Crippen LogP contribution is 2.14. The highest BCUT2D eigenvalue weighted by atomic mass is 35.5. The first kappa shape index (κ1) is 13.0. The van der Waals surface area contributed by atoms with Gasteiger partial charge in [0.15, 0.2) is 0 Å². The van der Waals surface area contributed by atoms with Gasteiger partial charge in [-0.3, -0.25) is 9.59 Å². The summed E-state index contributed by atoms with van der Waals surface area (Å²) in [7, 11) is 0. The molecule has 5 heteroatoms. The minimum Gasteiger partial charge on any atom is -0.343 e. The Bertz CT molecular complexity index is 304. The number of piperazine rings is 1. The zero-order valence-corrected chi connectivity index (χ0v) is 10.3. The first-order valence-corrected chi connectivity index (χ1v) is 5.91. The fraction of sp³-hybridized carbons (Fsp3) is 0.636. The third-order valence-corrected chi connectivity index (χ3v) is 2.82. The Hall–Kier alpha value is -1.03. The van der Waals surface area contributed by atoms with E-state index in [1.54, 1.807) is 17.9 Å². The fourth-order valence-electron chi connectivity index (χ4n) is 1.85. The summed E-state index contributed by atoms with van der Waals surface area (Å²) in [6.07, 6.45) is 3.22. The number of nitrogens with zero attached hydrogens (tertiary/aromatic N) is 1. The largest absolute Gasteiger partial charge is 0.343 e. The molecular weight excluding hydrogens is 228 g/mol. The maximum Gasteiger partial charge on any atom is 0.245 e. The lowest BCUT2D eigenvalue weighted by Gasteiger charge is -2.37. The van der Waals surface area contributed by atoms with E-state index in [1.807, 2.05) is 6.92 Å². The summed E-state index contributed by atoms with van der Waals surface area (Å²) in [5, 5.41) is 2.68. The molecule has 0 saturated carbocycles. The molecule has 0 aromatic heterocycles. The van der Waals surface area contributed by atoms with Gasteiger partial charge in [0, 0.05) is 12.1 Å². The molecule has 2 unspecified atom stereocenters. The Balaban J connectivity index is 2.83. The van der Waals surface area contributed by atoms with Crippen LogP contribution in [-0.2, 0) is 9.59 Å². The molecule has 2 amide bonds. The summed E-state index contributed by atoms with van der Waals surface area (Å²) in [6.45, 7) is 4.08. The second-order valence-corrected chi connectivity index (χ2v) is 4.14. The Morgan fingerprint density at radius 1 is 1.50 bits per heavy atom. The van der Waals surface area contributed by atoms with Crippen LogP contribution >= 0.6 is 11.6 Å². The molecule has 0 bridgehead atoms. The van der Waals surface area contributed by atoms with Crippen LogP contribution in [0.5, 0.6) is 0 Å². The Morgan fingerprint density at radius 3 is 2.75 bits per heavy atom. The average Bonchev–Trinajstić information content (AvgIpc) is 2.25. The summed E-state index contributed by atoms with van der Waals surface area (Å²) in [4.78, 5) is 25.2. The predicted molar refractivity (Wildman–Crippen MR) is 63.0 cm³/mol. The van der Waals surface area contributed by atoms with Gasteiger partial charge >= 0.3 is 0 Å². The van der Waals surface area contributed by atoms with Gasteiger partial charge in [-0.05, 0) is 13.3 Å². The molecule has 0 aliphatic carbocycles. The minimum absolute atomic E-state index is 0.0483. The molecule has 16 heavy (non-hydrogen) atoms. The second-order valence-electron chi connectivity index (χ2n) is 3.89. The third-order valence-electron chi connectivity index (χ3n) is 2.64. The van der Waals surface area contributed by atoms with Crippen molar-refractivity contribution >= 4 is 23.4 Å². The van der Waals surface area contributed by atoms with Crippen molar-refractivity contribution in [2.45, 2.75) is 38.8 Å². The molecule has 0 aromatic carbocycles. The maximum atomic E-state index is 11.9. The number of hydrogen-bond donors (Lipinski definition) is 1. The normalized spacial score (nSPS) is 26.3. The van der Waals surface area contributed by atoms with Crippen molar-refractivity contribution in [3.63, 3.8) is 0 Å². The lowest BCUT2D eigenvalue weighted by atomic mass is 10.0. The van der Waals surface area contributed by atoms with Gasteiger partial charge in [-0.25, -0.2) is 0 Å². The topological polar surface area (TPSA) is 49.4 Å². The number of rotatable bonds is 4. The van der Waals surface area contributed by atoms with Crippen LogP contribution in [0.15, 0.2) is 11.6 Å². The maximum absolute atomic E-state index is 11.9. The summed E-state index contributed by atoms with van der Waals surface area (Å²) < 4.78 is 0. The number of carbonyl (C=O) groups is 2. The van der Waals surface area contributed by atoms with Crippen LogP contribution in [0.1, 0.15) is 26.7 Å². The highest BCUT2D eigenvalue weighted by molar-refractivity contribution is 6.25. The molecule has 1 fully saturated rings. The summed E-state index contributed by atoms with van der Waals surface area (Å²) >= 11 is 5.45. The van der Waals surface area contributed by atoms with E-state index < -0.39 is 6.04 Å². The van der Waals surface area contributed by atoms with E-state index in [9.17, 15) is 9.59 Å². The molecule has 1 rings (SSSR count). The monoisotopic (exact) mass is 244 g/mol. The molecule has 0 radical (unpaired) electrons. The van der Waals surface area contributed by atoms with E-state index in [0.29, 0.717) is 13.0 Å². The van der Waals surface area contributed by atoms with E-state index in [4.69, 9.17) is 11.6 Å². The first-order valence-electron chi connectivity index (χ1n) is 5.47. The molecule has 1 aliphatic heterocycles. The van der Waals surface area contributed by atoms with E-state index in [-0.39, 0.29) is 17.9 Å². The van der Waals surface area contributed by atoms with Crippen LogP contribution in [0.3, 0.4) is 0 Å². The van der Waals surface area contributed by atoms with Crippen LogP contribution in [0.25, 0.3) is 0 Å². The average molecular weight is 245 g/mol. The predicted octanol–water partition coefficient (Wildman–Crippen LogP) is 1.25. The smallest absolute Gasteiger partial charge is 0.245 e. The third kappa shape index (κ3) is 2.76. The SMILES string of the molecule is CCCC1C(=O)NC(C)C(=O)N1C/C=C/Cl. The van der Waals surface area contributed by atoms with Gasteiger partial charge in [-0.15, -0.1) is 0 Å². The van der Waals surface area contributed by atoms with Gasteiger partial charge in [-0.1, -0.05) is 31.0 Å². The summed E-state index contributed by atoms with van der Waals surface area (Å²) in [5.41, 5.74) is 1.37. The van der Waals surface area contributed by atoms with Crippen molar-refractivity contribution in [2.75, 3.05) is 6.54 Å². The molecule has 0 spiro atoms. The zero-order chi connectivity index (χ0) is 12.1. The zero-order valence-electron chi connectivity index (χ0n) is 9.57. The quantitative estimate of drug-likeness (QED) is 0.809. The van der Waals surface area contributed by atoms with Gasteiger partial charge in [-0.2, -0.15) is 0 Å². The van der Waals surface area contributed by atoms with E-state index in [0.717, 1.165) is 6.42 Å². The van der Waals surface area contributed by atoms with Gasteiger partial charge in [0.05, 0.1) is 0 Å². The van der Waals surface area contributed by atoms with Crippen LogP contribution in [0.2, 0.25) is 0 Å². The number of amides is 2. The number of hydrogen-bond acceptors (Lipinski definition) is 2. The van der Waals surface area contributed by atoms with Crippen molar-refractivity contribution in [1.29, 1.82) is 0 Å². The van der Waals surface area contributed by atoms with Gasteiger partial charge in [0.25, 0.3) is 0 Å². The molecule has 1 saturated heterocycles. The number of nitrogens with one attached hydrogen (secondary N) is 1. The van der Waals surface area contributed by atoms with E-state index >= 15 is 0 Å². The molecule has 2 atom stereocenters. The molecule has 90 valence electrons. The molecule has 1 heterocycles.